The van der Waals surface area contributed by atoms with Gasteiger partial charge in [-0.3, -0.25) is 9.59 Å². The maximum absolute atomic E-state index is 14.2. The van der Waals surface area contributed by atoms with Gasteiger partial charge in [0.25, 0.3) is 18.2 Å². The van der Waals surface area contributed by atoms with Gasteiger partial charge in [-0.05, 0) is 59.4 Å². The zero-order valence-corrected chi connectivity index (χ0v) is 22.6. The van der Waals surface area contributed by atoms with Crippen LogP contribution in [0, 0.1) is 0 Å². The molecule has 2 bridgehead atoms. The summed E-state index contributed by atoms with van der Waals surface area (Å²) in [7, 11) is 0. The molecule has 2 saturated heterocycles. The summed E-state index contributed by atoms with van der Waals surface area (Å²) in [5, 5.41) is 14.7. The molecular formula is C25H30F5N5O3S. The van der Waals surface area contributed by atoms with Crippen molar-refractivity contribution in [1.29, 1.82) is 0 Å². The molecule has 0 aromatic carbocycles. The molecule has 0 radical (unpaired) electrons. The molecular weight excluding hydrogens is 545 g/mol. The Balaban J connectivity index is 1.77. The van der Waals surface area contributed by atoms with E-state index in [1.165, 1.54) is 13.8 Å². The molecule has 39 heavy (non-hydrogen) atoms. The van der Waals surface area contributed by atoms with Crippen LogP contribution in [-0.2, 0) is 0 Å². The number of thiazole rings is 1. The van der Waals surface area contributed by atoms with E-state index < -0.39 is 53.5 Å². The lowest BCUT2D eigenvalue weighted by Gasteiger charge is -2.26. The van der Waals surface area contributed by atoms with Crippen molar-refractivity contribution in [3.8, 4) is 10.4 Å². The number of anilines is 1. The Morgan fingerprint density at radius 2 is 1.69 bits per heavy atom. The third-order valence-electron chi connectivity index (χ3n) is 7.39. The molecule has 4 rings (SSSR count). The topological polar surface area (TPSA) is 107 Å². The highest BCUT2D eigenvalue weighted by atomic mass is 32.1. The van der Waals surface area contributed by atoms with Crippen LogP contribution in [0.3, 0.4) is 0 Å². The SMILES string of the molecule is C[C@H](NC(=O)c1nc(C(=O)N2C3CCC2CC3)c(-c2cnc(N[C@@H](C)C(F)(F)F)cc2C(F)F)s1)C(C)(C)O. The molecule has 3 N–H and O–H groups in total. The highest BCUT2D eigenvalue weighted by molar-refractivity contribution is 7.17. The van der Waals surface area contributed by atoms with Gasteiger partial charge in [0.05, 0.1) is 16.5 Å². The van der Waals surface area contributed by atoms with E-state index in [0.29, 0.717) is 11.3 Å². The number of nitrogens with one attached hydrogen (secondary N) is 2. The Kier molecular flexibility index (Phi) is 7.92. The van der Waals surface area contributed by atoms with Crippen LogP contribution in [0.25, 0.3) is 10.4 Å². The number of rotatable bonds is 8. The first-order valence-corrected chi connectivity index (χ1v) is 13.4. The highest BCUT2D eigenvalue weighted by Gasteiger charge is 2.44. The summed E-state index contributed by atoms with van der Waals surface area (Å²) in [6.07, 6.45) is -3.52. The molecule has 2 aromatic rings. The van der Waals surface area contributed by atoms with E-state index in [9.17, 15) is 36.6 Å². The number of carbonyl (C=O) groups is 2. The Bertz CT molecular complexity index is 1230. The maximum Gasteiger partial charge on any atom is 0.408 e. The molecule has 214 valence electrons. The van der Waals surface area contributed by atoms with Gasteiger partial charge >= 0.3 is 6.18 Å². The predicted molar refractivity (Wildman–Crippen MR) is 135 cm³/mol. The number of hydrogen-bond donors (Lipinski definition) is 3. The summed E-state index contributed by atoms with van der Waals surface area (Å²) in [6.45, 7) is 5.41. The van der Waals surface area contributed by atoms with Gasteiger partial charge in [0.15, 0.2) is 5.01 Å². The highest BCUT2D eigenvalue weighted by Crippen LogP contribution is 2.42. The first kappa shape index (κ1) is 29.1. The van der Waals surface area contributed by atoms with E-state index in [0.717, 1.165) is 44.9 Å². The number of aliphatic hydroxyl groups is 1. The van der Waals surface area contributed by atoms with Crippen LogP contribution in [0.4, 0.5) is 27.8 Å². The van der Waals surface area contributed by atoms with Crippen molar-refractivity contribution in [3.63, 3.8) is 0 Å². The summed E-state index contributed by atoms with van der Waals surface area (Å²) in [5.41, 5.74) is -2.31. The Labute approximate surface area is 226 Å². The summed E-state index contributed by atoms with van der Waals surface area (Å²) >= 11 is 0.713. The van der Waals surface area contributed by atoms with E-state index in [2.05, 4.69) is 20.6 Å². The van der Waals surface area contributed by atoms with Crippen molar-refractivity contribution < 1.29 is 36.6 Å². The van der Waals surface area contributed by atoms with Gasteiger partial charge in [0, 0.05) is 29.4 Å². The third-order valence-corrected chi connectivity index (χ3v) is 8.48. The average molecular weight is 576 g/mol. The molecule has 2 atom stereocenters. The van der Waals surface area contributed by atoms with Crippen LogP contribution in [0.5, 0.6) is 0 Å². The second-order valence-electron chi connectivity index (χ2n) is 10.6. The molecule has 2 aromatic heterocycles. The smallest absolute Gasteiger partial charge is 0.388 e. The minimum atomic E-state index is -4.62. The lowest BCUT2D eigenvalue weighted by Crippen LogP contribution is -2.47. The molecule has 2 fully saturated rings. The molecule has 2 aliphatic rings. The second-order valence-corrected chi connectivity index (χ2v) is 11.6. The van der Waals surface area contributed by atoms with Gasteiger partial charge in [-0.1, -0.05) is 0 Å². The fraction of sp³-hybridized carbons (Fsp3) is 0.600. The fourth-order valence-corrected chi connectivity index (χ4v) is 5.76. The number of aromatic nitrogens is 2. The standard InChI is InChI=1S/C25H30F5N5O3S/c1-11(24(3,4)38)33-21(36)22-34-18(23(37)35-13-5-6-14(35)8-7-13)19(39-22)16-10-31-17(9-15(16)20(26)27)32-12(2)25(28,29)30/h9-14,20,38H,5-8H2,1-4H3,(H,31,32)(H,33,36)/t11-,12-,13?,14?/m0/s1. The van der Waals surface area contributed by atoms with Crippen LogP contribution in [0.1, 0.15) is 85.7 Å². The number of alkyl halides is 5. The maximum atomic E-state index is 14.2. The molecule has 2 aliphatic heterocycles. The number of hydrogen-bond acceptors (Lipinski definition) is 7. The van der Waals surface area contributed by atoms with Crippen molar-refractivity contribution >= 4 is 29.0 Å². The number of carbonyl (C=O) groups excluding carboxylic acids is 2. The normalized spacial score (nSPS) is 20.8. The summed E-state index contributed by atoms with van der Waals surface area (Å²) in [6, 6.07) is -1.95. The first-order valence-electron chi connectivity index (χ1n) is 12.6. The monoisotopic (exact) mass is 575 g/mol. The van der Waals surface area contributed by atoms with Crippen molar-refractivity contribution in [2.24, 2.45) is 0 Å². The summed E-state index contributed by atoms with van der Waals surface area (Å²) in [5.74, 6) is -1.61. The lowest BCUT2D eigenvalue weighted by atomic mass is 10.0. The van der Waals surface area contributed by atoms with Crippen LogP contribution < -0.4 is 10.6 Å². The first-order chi connectivity index (χ1) is 18.1. The molecule has 4 heterocycles. The quantitative estimate of drug-likeness (QED) is 0.376. The Morgan fingerprint density at radius 1 is 1.10 bits per heavy atom. The van der Waals surface area contributed by atoms with Crippen molar-refractivity contribution in [2.75, 3.05) is 5.32 Å². The van der Waals surface area contributed by atoms with Gasteiger partial charge in [-0.2, -0.15) is 13.2 Å². The van der Waals surface area contributed by atoms with Gasteiger partial charge < -0.3 is 20.6 Å². The zero-order chi connectivity index (χ0) is 28.9. The third kappa shape index (κ3) is 6.01. The molecule has 2 amide bonds. The van der Waals surface area contributed by atoms with Gasteiger partial charge in [0.1, 0.15) is 17.6 Å². The van der Waals surface area contributed by atoms with Crippen molar-refractivity contribution in [1.82, 2.24) is 20.2 Å². The van der Waals surface area contributed by atoms with Crippen LogP contribution in [0.15, 0.2) is 12.3 Å². The molecule has 0 unspecified atom stereocenters. The van der Waals surface area contributed by atoms with Gasteiger partial charge in [-0.25, -0.2) is 18.7 Å². The second kappa shape index (κ2) is 10.6. The average Bonchev–Trinajstić information content (AvgIpc) is 3.57. The lowest BCUT2D eigenvalue weighted by molar-refractivity contribution is -0.138. The summed E-state index contributed by atoms with van der Waals surface area (Å²) in [4.78, 5) is 36.5. The van der Waals surface area contributed by atoms with E-state index >= 15 is 0 Å². The van der Waals surface area contributed by atoms with Gasteiger partial charge in [0.2, 0.25) is 0 Å². The Morgan fingerprint density at radius 3 is 2.21 bits per heavy atom. The largest absolute Gasteiger partial charge is 0.408 e. The van der Waals surface area contributed by atoms with E-state index in [1.807, 2.05) is 0 Å². The van der Waals surface area contributed by atoms with Crippen molar-refractivity contribution in [2.45, 2.75) is 95.7 Å². The van der Waals surface area contributed by atoms with Crippen LogP contribution in [0.2, 0.25) is 0 Å². The number of fused-ring (bicyclic) bond motifs is 2. The molecule has 14 heteroatoms. The van der Waals surface area contributed by atoms with Gasteiger partial charge in [-0.15, -0.1) is 11.3 Å². The zero-order valence-electron chi connectivity index (χ0n) is 21.8. The van der Waals surface area contributed by atoms with Crippen molar-refractivity contribution in [3.05, 3.63) is 28.5 Å². The summed E-state index contributed by atoms with van der Waals surface area (Å²) < 4.78 is 67.4. The van der Waals surface area contributed by atoms with E-state index in [1.54, 1.807) is 11.8 Å². The number of pyridine rings is 1. The fourth-order valence-electron chi connectivity index (χ4n) is 4.77. The minimum Gasteiger partial charge on any atom is -0.388 e. The number of nitrogens with zero attached hydrogens (tertiary/aromatic N) is 3. The number of halogens is 5. The van der Waals surface area contributed by atoms with Crippen LogP contribution >= 0.6 is 11.3 Å². The molecule has 0 aliphatic carbocycles. The predicted octanol–water partition coefficient (Wildman–Crippen LogP) is 5.16. The van der Waals surface area contributed by atoms with E-state index in [4.69, 9.17) is 0 Å². The number of amides is 2. The Hall–Kier alpha value is -2.87. The molecule has 8 nitrogen and oxygen atoms in total. The van der Waals surface area contributed by atoms with E-state index in [-0.39, 0.29) is 33.2 Å². The molecule has 0 saturated carbocycles. The van der Waals surface area contributed by atoms with Crippen LogP contribution in [-0.4, -0.2) is 67.7 Å². The molecule has 0 spiro atoms. The minimum absolute atomic E-state index is 0.00679.